The summed E-state index contributed by atoms with van der Waals surface area (Å²) < 4.78 is 11.1. The van der Waals surface area contributed by atoms with E-state index in [1.54, 1.807) is 25.3 Å². The molecule has 0 bridgehead atoms. The van der Waals surface area contributed by atoms with Crippen LogP contribution in [-0.2, 0) is 4.74 Å². The largest absolute Gasteiger partial charge is 0.462 e. The van der Waals surface area contributed by atoms with Crippen LogP contribution in [0.5, 0.6) is 0 Å². The van der Waals surface area contributed by atoms with E-state index >= 15 is 0 Å². The molecule has 0 radical (unpaired) electrons. The van der Waals surface area contributed by atoms with E-state index in [-0.39, 0.29) is 5.97 Å². The average molecular weight is 366 g/mol. The van der Waals surface area contributed by atoms with Gasteiger partial charge >= 0.3 is 5.97 Å². The number of ether oxygens (including phenoxy) is 1. The molecule has 27 heavy (non-hydrogen) atoms. The van der Waals surface area contributed by atoms with Crippen LogP contribution in [0.25, 0.3) is 11.1 Å². The van der Waals surface area contributed by atoms with Gasteiger partial charge in [-0.05, 0) is 43.7 Å². The fourth-order valence-electron chi connectivity index (χ4n) is 3.29. The predicted octanol–water partition coefficient (Wildman–Crippen LogP) is 3.03. The van der Waals surface area contributed by atoms with Crippen molar-refractivity contribution in [2.24, 2.45) is 0 Å². The second-order valence-electron chi connectivity index (χ2n) is 6.54. The van der Waals surface area contributed by atoms with Gasteiger partial charge in [-0.1, -0.05) is 6.07 Å². The van der Waals surface area contributed by atoms with Gasteiger partial charge in [-0.3, -0.25) is 0 Å². The number of rotatable bonds is 4. The molecule has 1 aliphatic rings. The molecule has 0 saturated carbocycles. The molecule has 0 spiro atoms. The van der Waals surface area contributed by atoms with Gasteiger partial charge in [0.15, 0.2) is 5.58 Å². The molecular formula is C20H22N4O3. The van der Waals surface area contributed by atoms with Crippen molar-refractivity contribution < 1.29 is 13.9 Å². The number of carbonyl (C=O) groups is 1. The Bertz CT molecular complexity index is 961. The second-order valence-corrected chi connectivity index (χ2v) is 6.54. The van der Waals surface area contributed by atoms with Crippen LogP contribution in [0.15, 0.2) is 40.9 Å². The summed E-state index contributed by atoms with van der Waals surface area (Å²) in [6.07, 6.45) is 1.70. The summed E-state index contributed by atoms with van der Waals surface area (Å²) in [6, 6.07) is 10.2. The van der Waals surface area contributed by atoms with Crippen molar-refractivity contribution in [3.63, 3.8) is 0 Å². The Labute approximate surface area is 157 Å². The monoisotopic (exact) mass is 366 g/mol. The van der Waals surface area contributed by atoms with Gasteiger partial charge in [0.2, 0.25) is 0 Å². The third-order valence-electron chi connectivity index (χ3n) is 4.66. The van der Waals surface area contributed by atoms with Crippen LogP contribution < -0.4 is 9.80 Å². The minimum Gasteiger partial charge on any atom is -0.462 e. The standard InChI is InChI=1S/C20H22N4O3/c1-3-26-19(25)15-5-4-8-21-18(15)23-9-11-24(12-10-23)20-22-16-13-14(2)6-7-17(16)27-20/h4-8,13H,3,9-12H2,1-2H3. The van der Waals surface area contributed by atoms with Crippen LogP contribution >= 0.6 is 0 Å². The predicted molar refractivity (Wildman–Crippen MR) is 103 cm³/mol. The Morgan fingerprint density at radius 2 is 1.96 bits per heavy atom. The Morgan fingerprint density at radius 1 is 1.19 bits per heavy atom. The molecule has 0 aliphatic carbocycles. The van der Waals surface area contributed by atoms with E-state index < -0.39 is 0 Å². The lowest BCUT2D eigenvalue weighted by Crippen LogP contribution is -2.47. The molecule has 0 amide bonds. The smallest absolute Gasteiger partial charge is 0.341 e. The van der Waals surface area contributed by atoms with Crippen molar-refractivity contribution in [2.45, 2.75) is 13.8 Å². The summed E-state index contributed by atoms with van der Waals surface area (Å²) in [5, 5.41) is 0. The molecular weight excluding hydrogens is 344 g/mol. The number of pyridine rings is 1. The van der Waals surface area contributed by atoms with Gasteiger partial charge in [0.25, 0.3) is 6.01 Å². The first-order chi connectivity index (χ1) is 13.2. The number of hydrogen-bond acceptors (Lipinski definition) is 7. The summed E-state index contributed by atoms with van der Waals surface area (Å²) in [4.78, 5) is 25.5. The average Bonchev–Trinajstić information content (AvgIpc) is 3.11. The minimum absolute atomic E-state index is 0.336. The van der Waals surface area contributed by atoms with Crippen molar-refractivity contribution >= 4 is 28.9 Å². The number of aryl methyl sites for hydroxylation is 1. The lowest BCUT2D eigenvalue weighted by Gasteiger charge is -2.35. The number of anilines is 2. The molecule has 1 fully saturated rings. The zero-order valence-corrected chi connectivity index (χ0v) is 15.5. The Kier molecular flexibility index (Phi) is 4.66. The van der Waals surface area contributed by atoms with E-state index in [9.17, 15) is 4.79 Å². The molecule has 1 aliphatic heterocycles. The van der Waals surface area contributed by atoms with Crippen LogP contribution in [0, 0.1) is 6.92 Å². The lowest BCUT2D eigenvalue weighted by molar-refractivity contribution is 0.0526. The zero-order chi connectivity index (χ0) is 18.8. The lowest BCUT2D eigenvalue weighted by atomic mass is 10.2. The Morgan fingerprint density at radius 3 is 2.74 bits per heavy atom. The maximum Gasteiger partial charge on any atom is 0.341 e. The number of benzene rings is 1. The van der Waals surface area contributed by atoms with Crippen LogP contribution in [0.4, 0.5) is 11.8 Å². The first kappa shape index (κ1) is 17.3. The number of hydrogen-bond donors (Lipinski definition) is 0. The first-order valence-electron chi connectivity index (χ1n) is 9.15. The van der Waals surface area contributed by atoms with E-state index in [1.165, 1.54) is 0 Å². The van der Waals surface area contributed by atoms with Crippen molar-refractivity contribution in [2.75, 3.05) is 42.6 Å². The highest BCUT2D eigenvalue weighted by Gasteiger charge is 2.25. The van der Waals surface area contributed by atoms with Crippen molar-refractivity contribution in [1.29, 1.82) is 0 Å². The number of carbonyl (C=O) groups excluding carboxylic acids is 1. The second kappa shape index (κ2) is 7.26. The number of fused-ring (bicyclic) bond motifs is 1. The molecule has 140 valence electrons. The van der Waals surface area contributed by atoms with Gasteiger partial charge < -0.3 is 19.0 Å². The van der Waals surface area contributed by atoms with Crippen LogP contribution in [-0.4, -0.2) is 48.7 Å². The SMILES string of the molecule is CCOC(=O)c1cccnc1N1CCN(c2nc3cc(C)ccc3o2)CC1. The van der Waals surface area contributed by atoms with Gasteiger partial charge in [0, 0.05) is 32.4 Å². The fraction of sp³-hybridized carbons (Fsp3) is 0.350. The minimum atomic E-state index is -0.336. The summed E-state index contributed by atoms with van der Waals surface area (Å²) in [6.45, 7) is 7.12. The molecule has 3 aromatic rings. The van der Waals surface area contributed by atoms with E-state index in [1.807, 2.05) is 25.1 Å². The van der Waals surface area contributed by atoms with Crippen LogP contribution in [0.3, 0.4) is 0 Å². The molecule has 2 aromatic heterocycles. The highest BCUT2D eigenvalue weighted by Crippen LogP contribution is 2.25. The molecule has 7 nitrogen and oxygen atoms in total. The quantitative estimate of drug-likeness (QED) is 0.657. The summed E-state index contributed by atoms with van der Waals surface area (Å²) in [5.41, 5.74) is 3.34. The molecule has 4 rings (SSSR count). The van der Waals surface area contributed by atoms with Gasteiger partial charge in [-0.15, -0.1) is 0 Å². The molecule has 0 unspecified atom stereocenters. The van der Waals surface area contributed by atoms with E-state index in [2.05, 4.69) is 19.8 Å². The number of piperazine rings is 1. The van der Waals surface area contributed by atoms with Gasteiger partial charge in [-0.25, -0.2) is 9.78 Å². The number of nitrogens with zero attached hydrogens (tertiary/aromatic N) is 4. The summed E-state index contributed by atoms with van der Waals surface area (Å²) >= 11 is 0. The molecule has 1 aromatic carbocycles. The molecule has 3 heterocycles. The third kappa shape index (κ3) is 3.45. The first-order valence-corrected chi connectivity index (χ1v) is 9.15. The van der Waals surface area contributed by atoms with Crippen molar-refractivity contribution in [3.8, 4) is 0 Å². The Hall–Kier alpha value is -3.09. The molecule has 1 saturated heterocycles. The van der Waals surface area contributed by atoms with Crippen molar-refractivity contribution in [3.05, 3.63) is 47.7 Å². The van der Waals surface area contributed by atoms with Crippen molar-refractivity contribution in [1.82, 2.24) is 9.97 Å². The highest BCUT2D eigenvalue weighted by molar-refractivity contribution is 5.94. The molecule has 7 heteroatoms. The highest BCUT2D eigenvalue weighted by atomic mass is 16.5. The van der Waals surface area contributed by atoms with Gasteiger partial charge in [-0.2, -0.15) is 4.98 Å². The fourth-order valence-corrected chi connectivity index (χ4v) is 3.29. The maximum absolute atomic E-state index is 12.2. The normalized spacial score (nSPS) is 14.6. The number of oxazole rings is 1. The van der Waals surface area contributed by atoms with E-state index in [4.69, 9.17) is 9.15 Å². The zero-order valence-electron chi connectivity index (χ0n) is 15.5. The number of aromatic nitrogens is 2. The van der Waals surface area contributed by atoms with E-state index in [0.717, 1.165) is 42.8 Å². The maximum atomic E-state index is 12.2. The third-order valence-corrected chi connectivity index (χ3v) is 4.66. The van der Waals surface area contributed by atoms with Gasteiger partial charge in [0.1, 0.15) is 16.9 Å². The Balaban J connectivity index is 1.50. The van der Waals surface area contributed by atoms with Crippen LogP contribution in [0.2, 0.25) is 0 Å². The topological polar surface area (TPSA) is 71.7 Å². The number of esters is 1. The summed E-state index contributed by atoms with van der Waals surface area (Å²) in [7, 11) is 0. The molecule has 0 atom stereocenters. The van der Waals surface area contributed by atoms with Gasteiger partial charge in [0.05, 0.1) is 6.61 Å². The summed E-state index contributed by atoms with van der Waals surface area (Å²) in [5.74, 6) is 0.334. The van der Waals surface area contributed by atoms with Crippen LogP contribution in [0.1, 0.15) is 22.8 Å². The molecule has 0 N–H and O–H groups in total. The van der Waals surface area contributed by atoms with E-state index in [0.29, 0.717) is 24.0 Å².